The number of rotatable bonds is 7. The Kier molecular flexibility index (Phi) is 5.43. The molecule has 1 rings (SSSR count). The molecular formula is C12H19NOS. The average molecular weight is 225 g/mol. The molecule has 0 saturated heterocycles. The molecule has 1 aromatic rings. The lowest BCUT2D eigenvalue weighted by molar-refractivity contribution is 0.402. The Morgan fingerprint density at radius 1 is 1.67 bits per heavy atom. The second-order valence-corrected chi connectivity index (χ2v) is 4.36. The van der Waals surface area contributed by atoms with Gasteiger partial charge in [0.1, 0.15) is 5.75 Å². The van der Waals surface area contributed by atoms with Gasteiger partial charge < -0.3 is 10.1 Å². The Morgan fingerprint density at radius 2 is 2.47 bits per heavy atom. The summed E-state index contributed by atoms with van der Waals surface area (Å²) >= 11 is 1.75. The number of nitrogens with one attached hydrogen (secondary N) is 1. The third-order valence-corrected chi connectivity index (χ3v) is 3.45. The second kappa shape index (κ2) is 6.64. The van der Waals surface area contributed by atoms with E-state index in [1.54, 1.807) is 18.4 Å². The van der Waals surface area contributed by atoms with Crippen molar-refractivity contribution in [2.75, 3.05) is 14.2 Å². The van der Waals surface area contributed by atoms with Crippen molar-refractivity contribution < 1.29 is 4.74 Å². The summed E-state index contributed by atoms with van der Waals surface area (Å²) in [4.78, 5) is 1.30. The van der Waals surface area contributed by atoms with Gasteiger partial charge in [-0.2, -0.15) is 0 Å². The minimum atomic E-state index is 0.403. The third-order valence-electron chi connectivity index (χ3n) is 2.44. The van der Waals surface area contributed by atoms with Gasteiger partial charge >= 0.3 is 0 Å². The van der Waals surface area contributed by atoms with E-state index in [1.807, 2.05) is 19.2 Å². The van der Waals surface area contributed by atoms with E-state index in [9.17, 15) is 0 Å². The zero-order valence-corrected chi connectivity index (χ0v) is 10.3. The predicted molar refractivity (Wildman–Crippen MR) is 66.7 cm³/mol. The van der Waals surface area contributed by atoms with Crippen LogP contribution >= 0.6 is 11.3 Å². The van der Waals surface area contributed by atoms with Crippen molar-refractivity contribution in [3.63, 3.8) is 0 Å². The fraction of sp³-hybridized carbons (Fsp3) is 0.500. The molecule has 0 spiro atoms. The summed E-state index contributed by atoms with van der Waals surface area (Å²) in [6.45, 7) is 3.74. The van der Waals surface area contributed by atoms with Crippen LogP contribution in [0.3, 0.4) is 0 Å². The highest BCUT2D eigenvalue weighted by Crippen LogP contribution is 2.33. The normalized spacial score (nSPS) is 12.4. The predicted octanol–water partition coefficient (Wildman–Crippen LogP) is 3.37. The van der Waals surface area contributed by atoms with E-state index in [2.05, 4.69) is 17.3 Å². The molecule has 0 radical (unpaired) electrons. The Labute approximate surface area is 96.0 Å². The van der Waals surface area contributed by atoms with Crippen LogP contribution in [-0.4, -0.2) is 14.2 Å². The molecule has 1 aromatic heterocycles. The Bertz CT molecular complexity index is 296. The van der Waals surface area contributed by atoms with Crippen LogP contribution in [0.15, 0.2) is 24.1 Å². The van der Waals surface area contributed by atoms with Crippen LogP contribution in [0.25, 0.3) is 0 Å². The fourth-order valence-electron chi connectivity index (χ4n) is 1.60. The Hall–Kier alpha value is -0.800. The molecule has 2 nitrogen and oxygen atoms in total. The molecule has 3 heteroatoms. The van der Waals surface area contributed by atoms with Crippen molar-refractivity contribution in [2.24, 2.45) is 0 Å². The van der Waals surface area contributed by atoms with Crippen molar-refractivity contribution in [2.45, 2.75) is 25.3 Å². The number of allylic oxidation sites excluding steroid dienone is 1. The molecule has 0 aromatic carbocycles. The molecule has 1 heterocycles. The molecule has 1 atom stereocenters. The zero-order chi connectivity index (χ0) is 11.1. The molecule has 84 valence electrons. The topological polar surface area (TPSA) is 21.3 Å². The third kappa shape index (κ3) is 3.36. The molecule has 0 aliphatic heterocycles. The van der Waals surface area contributed by atoms with Gasteiger partial charge in [0, 0.05) is 6.04 Å². The minimum absolute atomic E-state index is 0.403. The maximum absolute atomic E-state index is 5.32. The number of hydrogen-bond donors (Lipinski definition) is 1. The Balaban J connectivity index is 2.60. The Morgan fingerprint density at radius 3 is 3.07 bits per heavy atom. The van der Waals surface area contributed by atoms with E-state index in [0.29, 0.717) is 6.04 Å². The summed E-state index contributed by atoms with van der Waals surface area (Å²) < 4.78 is 5.32. The summed E-state index contributed by atoms with van der Waals surface area (Å²) in [7, 11) is 3.72. The van der Waals surface area contributed by atoms with E-state index in [1.165, 1.54) is 4.88 Å². The smallest absolute Gasteiger partial charge is 0.134 e. The van der Waals surface area contributed by atoms with Gasteiger partial charge in [-0.05, 0) is 37.8 Å². The number of methoxy groups -OCH3 is 1. The van der Waals surface area contributed by atoms with E-state index in [-0.39, 0.29) is 0 Å². The van der Waals surface area contributed by atoms with E-state index < -0.39 is 0 Å². The highest BCUT2D eigenvalue weighted by molar-refractivity contribution is 7.10. The number of ether oxygens (including phenoxy) is 1. The maximum atomic E-state index is 5.32. The maximum Gasteiger partial charge on any atom is 0.134 e. The van der Waals surface area contributed by atoms with Crippen molar-refractivity contribution in [3.05, 3.63) is 29.0 Å². The second-order valence-electron chi connectivity index (χ2n) is 3.41. The quantitative estimate of drug-likeness (QED) is 0.567. The monoisotopic (exact) mass is 225 g/mol. The van der Waals surface area contributed by atoms with Crippen LogP contribution in [-0.2, 0) is 0 Å². The molecule has 15 heavy (non-hydrogen) atoms. The van der Waals surface area contributed by atoms with Crippen LogP contribution in [0.1, 0.15) is 30.2 Å². The lowest BCUT2D eigenvalue weighted by Gasteiger charge is -2.15. The highest BCUT2D eigenvalue weighted by atomic mass is 32.1. The first kappa shape index (κ1) is 12.3. The van der Waals surface area contributed by atoms with Crippen LogP contribution in [0.2, 0.25) is 0 Å². The van der Waals surface area contributed by atoms with Gasteiger partial charge in [0.25, 0.3) is 0 Å². The first-order chi connectivity index (χ1) is 7.33. The largest absolute Gasteiger partial charge is 0.496 e. The standard InChI is InChI=1S/C12H19NOS/c1-4-5-6-7-10(13-2)12-11(14-3)8-9-15-12/h4,8-10,13H,1,5-7H2,2-3H3. The van der Waals surface area contributed by atoms with Gasteiger partial charge in [0.15, 0.2) is 0 Å². The van der Waals surface area contributed by atoms with Crippen LogP contribution in [0, 0.1) is 0 Å². The molecule has 0 bridgehead atoms. The number of unbranched alkanes of at least 4 members (excludes halogenated alkanes) is 1. The lowest BCUT2D eigenvalue weighted by atomic mass is 10.1. The van der Waals surface area contributed by atoms with Gasteiger partial charge in [-0.1, -0.05) is 6.08 Å². The van der Waals surface area contributed by atoms with Crippen molar-refractivity contribution >= 4 is 11.3 Å². The van der Waals surface area contributed by atoms with E-state index >= 15 is 0 Å². The molecule has 0 aliphatic carbocycles. The summed E-state index contributed by atoms with van der Waals surface area (Å²) in [6, 6.07) is 2.43. The van der Waals surface area contributed by atoms with Crippen molar-refractivity contribution in [3.8, 4) is 5.75 Å². The van der Waals surface area contributed by atoms with Crippen LogP contribution in [0.5, 0.6) is 5.75 Å². The lowest BCUT2D eigenvalue weighted by Crippen LogP contribution is -2.15. The summed E-state index contributed by atoms with van der Waals surface area (Å²) in [5.74, 6) is 0.998. The molecule has 0 fully saturated rings. The van der Waals surface area contributed by atoms with Gasteiger partial charge in [0.2, 0.25) is 0 Å². The van der Waals surface area contributed by atoms with E-state index in [4.69, 9.17) is 4.74 Å². The molecule has 0 aliphatic rings. The first-order valence-electron chi connectivity index (χ1n) is 5.23. The molecular weight excluding hydrogens is 206 g/mol. The molecule has 1 N–H and O–H groups in total. The minimum Gasteiger partial charge on any atom is -0.496 e. The summed E-state index contributed by atoms with van der Waals surface area (Å²) in [5, 5.41) is 5.41. The highest BCUT2D eigenvalue weighted by Gasteiger charge is 2.14. The van der Waals surface area contributed by atoms with Gasteiger partial charge in [0.05, 0.1) is 12.0 Å². The van der Waals surface area contributed by atoms with Gasteiger partial charge in [-0.25, -0.2) is 0 Å². The van der Waals surface area contributed by atoms with Gasteiger partial charge in [-0.3, -0.25) is 0 Å². The summed E-state index contributed by atoms with van der Waals surface area (Å²) in [6.07, 6.45) is 5.33. The van der Waals surface area contributed by atoms with Crippen molar-refractivity contribution in [1.82, 2.24) is 5.32 Å². The molecule has 1 unspecified atom stereocenters. The number of hydrogen-bond acceptors (Lipinski definition) is 3. The number of thiophene rings is 1. The molecule has 0 saturated carbocycles. The molecule has 0 amide bonds. The van der Waals surface area contributed by atoms with Crippen LogP contribution in [0.4, 0.5) is 0 Å². The summed E-state index contributed by atoms with van der Waals surface area (Å²) in [5.41, 5.74) is 0. The van der Waals surface area contributed by atoms with Crippen molar-refractivity contribution in [1.29, 1.82) is 0 Å². The average Bonchev–Trinajstić information content (AvgIpc) is 2.72. The SMILES string of the molecule is C=CCCCC(NC)c1sccc1OC. The first-order valence-corrected chi connectivity index (χ1v) is 6.11. The fourth-order valence-corrected chi connectivity index (χ4v) is 2.61. The van der Waals surface area contributed by atoms with E-state index in [0.717, 1.165) is 25.0 Å². The zero-order valence-electron chi connectivity index (χ0n) is 9.45. The van der Waals surface area contributed by atoms with Gasteiger partial charge in [-0.15, -0.1) is 17.9 Å². The van der Waals surface area contributed by atoms with Crippen LogP contribution < -0.4 is 10.1 Å².